The van der Waals surface area contributed by atoms with E-state index in [9.17, 15) is 9.59 Å². The van der Waals surface area contributed by atoms with Crippen molar-refractivity contribution in [2.24, 2.45) is 0 Å². The Kier molecular flexibility index (Phi) is 5.81. The van der Waals surface area contributed by atoms with Crippen LogP contribution in [0.3, 0.4) is 0 Å². The molecule has 6 heteroatoms. The minimum Gasteiger partial charge on any atom is -0.360 e. The highest BCUT2D eigenvalue weighted by molar-refractivity contribution is 6.05. The second-order valence-electron chi connectivity index (χ2n) is 7.79. The Bertz CT molecular complexity index is 873. The van der Waals surface area contributed by atoms with Crippen LogP contribution in [0, 0.1) is 0 Å². The predicted molar refractivity (Wildman–Crippen MR) is 116 cm³/mol. The van der Waals surface area contributed by atoms with Gasteiger partial charge >= 0.3 is 0 Å². The molecule has 0 atom stereocenters. The Balaban J connectivity index is 1.39. The van der Waals surface area contributed by atoms with E-state index in [1.165, 1.54) is 25.3 Å². The van der Waals surface area contributed by atoms with Gasteiger partial charge in [0, 0.05) is 35.6 Å². The molecule has 0 radical (unpaired) electrons. The summed E-state index contributed by atoms with van der Waals surface area (Å²) in [6.45, 7) is 8.62. The average Bonchev–Trinajstić information content (AvgIpc) is 3.20. The lowest BCUT2D eigenvalue weighted by Gasteiger charge is -2.33. The normalized spacial score (nSPS) is 17.6. The third-order valence-corrected chi connectivity index (χ3v) is 5.95. The molecule has 2 amide bonds. The first-order valence-electron chi connectivity index (χ1n) is 10.5. The van der Waals surface area contributed by atoms with Gasteiger partial charge in [-0.2, -0.15) is 0 Å². The number of hydrogen-bond acceptors (Lipinski definition) is 3. The van der Waals surface area contributed by atoms with Crippen LogP contribution >= 0.6 is 0 Å². The molecule has 2 aliphatic rings. The Morgan fingerprint density at radius 1 is 1.03 bits per heavy atom. The van der Waals surface area contributed by atoms with Crippen molar-refractivity contribution in [2.45, 2.75) is 19.8 Å². The van der Waals surface area contributed by atoms with Crippen LogP contribution in [0.1, 0.15) is 30.1 Å². The predicted octanol–water partition coefficient (Wildman–Crippen LogP) is 1.79. The molecule has 2 fully saturated rings. The number of piperazine rings is 1. The summed E-state index contributed by atoms with van der Waals surface area (Å²) in [7, 11) is 0. The highest BCUT2D eigenvalue weighted by Crippen LogP contribution is 2.23. The fourth-order valence-corrected chi connectivity index (χ4v) is 4.13. The summed E-state index contributed by atoms with van der Waals surface area (Å²) < 4.78 is 0. The number of rotatable bonds is 5. The maximum atomic E-state index is 12.7. The van der Waals surface area contributed by atoms with E-state index >= 15 is 0 Å². The largest absolute Gasteiger partial charge is 0.360 e. The number of carbonyl (C=O) groups excluding carboxylic acids is 2. The third kappa shape index (κ3) is 4.43. The summed E-state index contributed by atoms with van der Waals surface area (Å²) in [5.41, 5.74) is 3.33. The van der Waals surface area contributed by atoms with Crippen LogP contribution in [0.15, 0.2) is 48.5 Å². The molecule has 0 bridgehead atoms. The standard InChI is InChI=1S/C23H28N4O2/c1-2-25-13-15-26(16-14-25)20-10-8-19(9-11-20)24-23(29)18-5-3-6-21(17-18)27-12-4-7-22(27)28/h3,5-6,8-11,17H,2,4,7,12-16H2,1H3,(H,24,29)/p+1. The topological polar surface area (TPSA) is 57.1 Å². The van der Waals surface area contributed by atoms with Crippen molar-refractivity contribution in [1.29, 1.82) is 0 Å². The Hall–Kier alpha value is -2.86. The molecule has 2 aromatic carbocycles. The van der Waals surface area contributed by atoms with Gasteiger partial charge in [-0.05, 0) is 55.8 Å². The molecule has 4 rings (SSSR count). The highest BCUT2D eigenvalue weighted by Gasteiger charge is 2.22. The van der Waals surface area contributed by atoms with Crippen LogP contribution in [0.25, 0.3) is 0 Å². The maximum Gasteiger partial charge on any atom is 0.255 e. The van der Waals surface area contributed by atoms with Gasteiger partial charge in [0.2, 0.25) is 5.91 Å². The highest BCUT2D eigenvalue weighted by atomic mass is 16.2. The lowest BCUT2D eigenvalue weighted by atomic mass is 10.1. The fourth-order valence-electron chi connectivity index (χ4n) is 4.13. The number of likely N-dealkylation sites (N-methyl/N-ethyl adjacent to an activating group) is 1. The van der Waals surface area contributed by atoms with Crippen molar-refractivity contribution >= 4 is 28.9 Å². The van der Waals surface area contributed by atoms with Gasteiger partial charge in [0.25, 0.3) is 5.91 Å². The monoisotopic (exact) mass is 393 g/mol. The summed E-state index contributed by atoms with van der Waals surface area (Å²) >= 11 is 0. The lowest BCUT2D eigenvalue weighted by molar-refractivity contribution is -0.898. The van der Waals surface area contributed by atoms with E-state index in [0.29, 0.717) is 12.0 Å². The minimum atomic E-state index is -0.161. The van der Waals surface area contributed by atoms with Gasteiger partial charge in [-0.25, -0.2) is 0 Å². The molecule has 29 heavy (non-hydrogen) atoms. The Morgan fingerprint density at radius 2 is 1.79 bits per heavy atom. The molecular formula is C23H29N4O2+. The zero-order valence-corrected chi connectivity index (χ0v) is 17.0. The summed E-state index contributed by atoms with van der Waals surface area (Å²) in [6.07, 6.45) is 1.45. The van der Waals surface area contributed by atoms with E-state index in [1.807, 2.05) is 24.3 Å². The van der Waals surface area contributed by atoms with Crippen molar-refractivity contribution in [1.82, 2.24) is 0 Å². The fraction of sp³-hybridized carbons (Fsp3) is 0.391. The van der Waals surface area contributed by atoms with Crippen LogP contribution in [-0.2, 0) is 4.79 Å². The van der Waals surface area contributed by atoms with Crippen LogP contribution < -0.4 is 20.0 Å². The quantitative estimate of drug-likeness (QED) is 0.814. The molecule has 2 N–H and O–H groups in total. The number of benzene rings is 2. The van der Waals surface area contributed by atoms with Gasteiger partial charge in [0.05, 0.1) is 32.7 Å². The van der Waals surface area contributed by atoms with Crippen molar-refractivity contribution in [3.8, 4) is 0 Å². The molecule has 2 aliphatic heterocycles. The summed E-state index contributed by atoms with van der Waals surface area (Å²) in [6, 6.07) is 15.4. The van der Waals surface area contributed by atoms with Gasteiger partial charge < -0.3 is 20.0 Å². The molecule has 152 valence electrons. The lowest BCUT2D eigenvalue weighted by Crippen LogP contribution is -3.14. The third-order valence-electron chi connectivity index (χ3n) is 5.95. The first-order valence-corrected chi connectivity index (χ1v) is 10.5. The van der Waals surface area contributed by atoms with Gasteiger partial charge in [0.15, 0.2) is 0 Å². The Morgan fingerprint density at radius 3 is 2.45 bits per heavy atom. The molecule has 2 aromatic rings. The number of nitrogens with zero attached hydrogens (tertiary/aromatic N) is 2. The van der Waals surface area contributed by atoms with E-state index in [4.69, 9.17) is 0 Å². The van der Waals surface area contributed by atoms with Gasteiger partial charge in [-0.3, -0.25) is 9.59 Å². The Labute approximate surface area is 172 Å². The van der Waals surface area contributed by atoms with Crippen molar-refractivity contribution in [3.05, 3.63) is 54.1 Å². The van der Waals surface area contributed by atoms with E-state index in [-0.39, 0.29) is 11.8 Å². The maximum absolute atomic E-state index is 12.7. The average molecular weight is 394 g/mol. The molecule has 6 nitrogen and oxygen atoms in total. The summed E-state index contributed by atoms with van der Waals surface area (Å²) in [4.78, 5) is 30.5. The summed E-state index contributed by atoms with van der Waals surface area (Å²) in [5, 5.41) is 2.97. The van der Waals surface area contributed by atoms with Crippen LogP contribution in [0.5, 0.6) is 0 Å². The SMILES string of the molecule is CC[NH+]1CCN(c2ccc(NC(=O)c3cccc(N4CCCC4=O)c3)cc2)CC1. The molecule has 0 unspecified atom stereocenters. The number of quaternary nitrogens is 1. The second-order valence-corrected chi connectivity index (χ2v) is 7.79. The zero-order chi connectivity index (χ0) is 20.2. The first kappa shape index (κ1) is 19.5. The van der Waals surface area contributed by atoms with Gasteiger partial charge in [-0.15, -0.1) is 0 Å². The molecule has 0 aromatic heterocycles. The number of amides is 2. The van der Waals surface area contributed by atoms with Gasteiger partial charge in [-0.1, -0.05) is 6.07 Å². The molecule has 0 saturated carbocycles. The van der Waals surface area contributed by atoms with Crippen molar-refractivity contribution < 1.29 is 14.5 Å². The first-order chi connectivity index (χ1) is 14.1. The minimum absolute atomic E-state index is 0.125. The van der Waals surface area contributed by atoms with Crippen LogP contribution in [0.4, 0.5) is 17.1 Å². The smallest absolute Gasteiger partial charge is 0.255 e. The van der Waals surface area contributed by atoms with E-state index in [0.717, 1.165) is 37.4 Å². The zero-order valence-electron chi connectivity index (χ0n) is 17.0. The number of nitrogens with one attached hydrogen (secondary N) is 2. The van der Waals surface area contributed by atoms with Crippen molar-refractivity contribution in [2.75, 3.05) is 54.4 Å². The van der Waals surface area contributed by atoms with E-state index in [1.54, 1.807) is 21.9 Å². The molecular weight excluding hydrogens is 364 g/mol. The number of hydrogen-bond donors (Lipinski definition) is 2. The van der Waals surface area contributed by atoms with Crippen LogP contribution in [0.2, 0.25) is 0 Å². The molecule has 0 aliphatic carbocycles. The van der Waals surface area contributed by atoms with Crippen molar-refractivity contribution in [3.63, 3.8) is 0 Å². The summed E-state index contributed by atoms with van der Waals surface area (Å²) in [5.74, 6) is -0.0362. The number of carbonyl (C=O) groups is 2. The molecule has 2 heterocycles. The van der Waals surface area contributed by atoms with Gasteiger partial charge in [0.1, 0.15) is 0 Å². The molecule has 2 saturated heterocycles. The second kappa shape index (κ2) is 8.66. The van der Waals surface area contributed by atoms with E-state index in [2.05, 4.69) is 29.3 Å². The van der Waals surface area contributed by atoms with Crippen LogP contribution in [-0.4, -0.2) is 51.1 Å². The number of anilines is 3. The van der Waals surface area contributed by atoms with E-state index < -0.39 is 0 Å². The molecule has 0 spiro atoms.